The monoisotopic (exact) mass is 296 g/mol. The summed E-state index contributed by atoms with van der Waals surface area (Å²) in [5.41, 5.74) is 0.0561. The van der Waals surface area contributed by atoms with Crippen molar-refractivity contribution in [2.45, 2.75) is 57.9 Å². The van der Waals surface area contributed by atoms with Gasteiger partial charge in [-0.25, -0.2) is 0 Å². The maximum Gasteiger partial charge on any atom is 0.307 e. The lowest BCUT2D eigenvalue weighted by atomic mass is 9.68. The molecule has 122 valence electrons. The number of ether oxygens (including phenoxy) is 1. The molecule has 1 saturated carbocycles. The van der Waals surface area contributed by atoms with E-state index in [1.165, 1.54) is 25.7 Å². The molecule has 2 fully saturated rings. The van der Waals surface area contributed by atoms with Crippen LogP contribution in [0.2, 0.25) is 0 Å². The maximum atomic E-state index is 12.2. The summed E-state index contributed by atoms with van der Waals surface area (Å²) in [7, 11) is 2.19. The minimum absolute atomic E-state index is 0.00298. The van der Waals surface area contributed by atoms with Crippen LogP contribution < -0.4 is 0 Å². The Hall–Kier alpha value is -0.610. The summed E-state index contributed by atoms with van der Waals surface area (Å²) >= 11 is 0. The van der Waals surface area contributed by atoms with Gasteiger partial charge < -0.3 is 9.64 Å². The van der Waals surface area contributed by atoms with E-state index in [9.17, 15) is 4.79 Å². The van der Waals surface area contributed by atoms with Gasteiger partial charge in [0.2, 0.25) is 0 Å². The molecule has 1 heterocycles. The summed E-state index contributed by atoms with van der Waals surface area (Å²) in [5, 5.41) is 0. The number of esters is 1. The van der Waals surface area contributed by atoms with Crippen molar-refractivity contribution < 1.29 is 9.53 Å². The molecule has 1 saturated heterocycles. The number of hydrogen-bond donors (Lipinski definition) is 0. The minimum atomic E-state index is -0.00298. The maximum absolute atomic E-state index is 12.2. The fourth-order valence-electron chi connectivity index (χ4n) is 4.35. The molecule has 1 aliphatic carbocycles. The highest BCUT2D eigenvalue weighted by Crippen LogP contribution is 2.43. The fourth-order valence-corrected chi connectivity index (χ4v) is 4.35. The van der Waals surface area contributed by atoms with Crippen LogP contribution in [-0.4, -0.2) is 61.1 Å². The van der Waals surface area contributed by atoms with Crippen LogP contribution in [0.25, 0.3) is 0 Å². The molecule has 0 aromatic rings. The molecule has 2 atom stereocenters. The smallest absolute Gasteiger partial charge is 0.307 e. The van der Waals surface area contributed by atoms with Gasteiger partial charge in [-0.15, -0.1) is 0 Å². The molecule has 0 aromatic heterocycles. The van der Waals surface area contributed by atoms with E-state index in [4.69, 9.17) is 4.74 Å². The number of rotatable bonds is 5. The van der Waals surface area contributed by atoms with Crippen molar-refractivity contribution in [2.24, 2.45) is 5.92 Å². The number of carbonyl (C=O) groups excluding carboxylic acids is 1. The highest BCUT2D eigenvalue weighted by atomic mass is 16.5. The lowest BCUT2D eigenvalue weighted by molar-refractivity contribution is -0.150. The van der Waals surface area contributed by atoms with Crippen LogP contribution in [-0.2, 0) is 9.53 Å². The third-order valence-corrected chi connectivity index (χ3v) is 5.55. The van der Waals surface area contributed by atoms with E-state index < -0.39 is 0 Å². The highest BCUT2D eigenvalue weighted by molar-refractivity contribution is 5.71. The Morgan fingerprint density at radius 2 is 1.90 bits per heavy atom. The standard InChI is InChI=1S/C17H32N2O2/c1-4-15-8-6-7-9-17(15,14-16(20)21-5-2)19-12-10-18(3)11-13-19/h15H,4-14H2,1-3H3. The Bertz CT molecular complexity index is 340. The molecule has 2 unspecified atom stereocenters. The van der Waals surface area contributed by atoms with Gasteiger partial charge in [0.05, 0.1) is 13.0 Å². The molecule has 1 aliphatic heterocycles. The van der Waals surface area contributed by atoms with E-state index in [-0.39, 0.29) is 11.5 Å². The molecule has 4 nitrogen and oxygen atoms in total. The topological polar surface area (TPSA) is 32.8 Å². The van der Waals surface area contributed by atoms with Gasteiger partial charge in [-0.2, -0.15) is 0 Å². The highest BCUT2D eigenvalue weighted by Gasteiger charge is 2.46. The summed E-state index contributed by atoms with van der Waals surface area (Å²) in [4.78, 5) is 17.2. The predicted octanol–water partition coefficient (Wildman–Crippen LogP) is 2.53. The van der Waals surface area contributed by atoms with Crippen LogP contribution in [0.3, 0.4) is 0 Å². The number of carbonyl (C=O) groups is 1. The Morgan fingerprint density at radius 1 is 1.19 bits per heavy atom. The zero-order chi connectivity index (χ0) is 15.3. The predicted molar refractivity (Wildman–Crippen MR) is 85.3 cm³/mol. The molecule has 0 bridgehead atoms. The third kappa shape index (κ3) is 3.78. The van der Waals surface area contributed by atoms with Gasteiger partial charge in [-0.1, -0.05) is 26.2 Å². The lowest BCUT2D eigenvalue weighted by Crippen LogP contribution is -2.61. The van der Waals surface area contributed by atoms with Crippen molar-refractivity contribution in [1.29, 1.82) is 0 Å². The van der Waals surface area contributed by atoms with Gasteiger partial charge in [-0.05, 0) is 32.7 Å². The summed E-state index contributed by atoms with van der Waals surface area (Å²) in [6.07, 6.45) is 6.75. The largest absolute Gasteiger partial charge is 0.466 e. The number of likely N-dealkylation sites (N-methyl/N-ethyl adjacent to an activating group) is 1. The lowest BCUT2D eigenvalue weighted by Gasteiger charge is -2.53. The summed E-state index contributed by atoms with van der Waals surface area (Å²) in [6.45, 7) is 9.08. The molecule has 0 aromatic carbocycles. The Kier molecular flexibility index (Phi) is 6.06. The Morgan fingerprint density at radius 3 is 2.52 bits per heavy atom. The first-order chi connectivity index (χ1) is 10.1. The van der Waals surface area contributed by atoms with Gasteiger partial charge in [-0.3, -0.25) is 9.69 Å². The normalized spacial score (nSPS) is 32.0. The van der Waals surface area contributed by atoms with Crippen molar-refractivity contribution in [3.05, 3.63) is 0 Å². The number of piperazine rings is 1. The molecule has 2 rings (SSSR count). The quantitative estimate of drug-likeness (QED) is 0.730. The van der Waals surface area contributed by atoms with Crippen molar-refractivity contribution >= 4 is 5.97 Å². The minimum Gasteiger partial charge on any atom is -0.466 e. The van der Waals surface area contributed by atoms with Gasteiger partial charge in [0.25, 0.3) is 0 Å². The molecular weight excluding hydrogens is 264 g/mol. The van der Waals surface area contributed by atoms with Crippen LogP contribution in [0.1, 0.15) is 52.4 Å². The van der Waals surface area contributed by atoms with Gasteiger partial charge >= 0.3 is 5.97 Å². The third-order valence-electron chi connectivity index (χ3n) is 5.55. The molecule has 0 amide bonds. The average molecular weight is 296 g/mol. The SMILES string of the molecule is CCOC(=O)CC1(N2CCN(C)CC2)CCCCC1CC. The molecule has 0 spiro atoms. The summed E-state index contributed by atoms with van der Waals surface area (Å²) in [6, 6.07) is 0. The second kappa shape index (κ2) is 7.59. The molecule has 0 radical (unpaired) electrons. The zero-order valence-corrected chi connectivity index (χ0v) is 14.1. The molecule has 4 heteroatoms. The van der Waals surface area contributed by atoms with Crippen LogP contribution in [0, 0.1) is 5.92 Å². The van der Waals surface area contributed by atoms with Gasteiger partial charge in [0, 0.05) is 31.7 Å². The molecule has 2 aliphatic rings. The molecule has 21 heavy (non-hydrogen) atoms. The van der Waals surface area contributed by atoms with E-state index in [2.05, 4.69) is 23.8 Å². The van der Waals surface area contributed by atoms with Crippen LogP contribution >= 0.6 is 0 Å². The second-order valence-corrected chi connectivity index (χ2v) is 6.73. The van der Waals surface area contributed by atoms with E-state index >= 15 is 0 Å². The van der Waals surface area contributed by atoms with Crippen molar-refractivity contribution in [3.8, 4) is 0 Å². The van der Waals surface area contributed by atoms with Crippen molar-refractivity contribution in [1.82, 2.24) is 9.80 Å². The Labute approximate surface area is 129 Å². The summed E-state index contributed by atoms with van der Waals surface area (Å²) in [5.74, 6) is 0.635. The first-order valence-electron chi connectivity index (χ1n) is 8.71. The Balaban J connectivity index is 2.17. The van der Waals surface area contributed by atoms with E-state index in [0.29, 0.717) is 18.9 Å². The first kappa shape index (κ1) is 16.8. The van der Waals surface area contributed by atoms with Crippen LogP contribution in [0.5, 0.6) is 0 Å². The fraction of sp³-hybridized carbons (Fsp3) is 0.941. The number of hydrogen-bond acceptors (Lipinski definition) is 4. The van der Waals surface area contributed by atoms with Crippen molar-refractivity contribution in [2.75, 3.05) is 39.8 Å². The molecule has 0 N–H and O–H groups in total. The van der Waals surface area contributed by atoms with Gasteiger partial charge in [0.1, 0.15) is 0 Å². The van der Waals surface area contributed by atoms with Crippen LogP contribution in [0.4, 0.5) is 0 Å². The van der Waals surface area contributed by atoms with E-state index in [1.54, 1.807) is 0 Å². The first-order valence-corrected chi connectivity index (χ1v) is 8.71. The zero-order valence-electron chi connectivity index (χ0n) is 14.1. The second-order valence-electron chi connectivity index (χ2n) is 6.73. The van der Waals surface area contributed by atoms with E-state index in [1.807, 2.05) is 6.92 Å². The van der Waals surface area contributed by atoms with E-state index in [0.717, 1.165) is 32.6 Å². The summed E-state index contributed by atoms with van der Waals surface area (Å²) < 4.78 is 5.30. The van der Waals surface area contributed by atoms with Crippen LogP contribution in [0.15, 0.2) is 0 Å². The average Bonchev–Trinajstić information content (AvgIpc) is 2.48. The van der Waals surface area contributed by atoms with Crippen molar-refractivity contribution in [3.63, 3.8) is 0 Å². The van der Waals surface area contributed by atoms with Gasteiger partial charge in [0.15, 0.2) is 0 Å². The number of nitrogens with zero attached hydrogens (tertiary/aromatic N) is 2. The molecular formula is C17H32N2O2.